The second-order valence-corrected chi connectivity index (χ2v) is 6.06. The summed E-state index contributed by atoms with van der Waals surface area (Å²) in [6, 6.07) is 17.7. The molecule has 0 aliphatic carbocycles. The molecule has 124 valence electrons. The Labute approximate surface area is 142 Å². The minimum absolute atomic E-state index is 0.675. The summed E-state index contributed by atoms with van der Waals surface area (Å²) in [5, 5.41) is 11.2. The zero-order valence-corrected chi connectivity index (χ0v) is 14.2. The molecule has 0 spiro atoms. The van der Waals surface area contributed by atoms with Gasteiger partial charge in [-0.3, -0.25) is 0 Å². The van der Waals surface area contributed by atoms with E-state index in [4.69, 9.17) is 4.74 Å². The minimum atomic E-state index is -1.14. The first-order valence-corrected chi connectivity index (χ1v) is 7.96. The van der Waals surface area contributed by atoms with Crippen molar-refractivity contribution in [2.45, 2.75) is 26.0 Å². The van der Waals surface area contributed by atoms with Gasteiger partial charge in [-0.25, -0.2) is 4.98 Å². The van der Waals surface area contributed by atoms with Gasteiger partial charge in [0, 0.05) is 6.54 Å². The van der Waals surface area contributed by atoms with Gasteiger partial charge in [0.1, 0.15) is 17.2 Å². The van der Waals surface area contributed by atoms with Gasteiger partial charge in [0.05, 0.1) is 19.0 Å². The fourth-order valence-corrected chi connectivity index (χ4v) is 2.89. The van der Waals surface area contributed by atoms with Crippen LogP contribution in [0.4, 0.5) is 0 Å². The average molecular weight is 322 g/mol. The van der Waals surface area contributed by atoms with Crippen molar-refractivity contribution in [2.24, 2.45) is 0 Å². The molecule has 0 saturated carbocycles. The monoisotopic (exact) mass is 322 g/mol. The lowest BCUT2D eigenvalue weighted by atomic mass is 9.92. The molecule has 1 aromatic heterocycles. The maximum Gasteiger partial charge on any atom is 0.128 e. The van der Waals surface area contributed by atoms with Crippen LogP contribution in [0.25, 0.3) is 0 Å². The molecule has 0 aliphatic heterocycles. The standard InChI is InChI=1S/C20H22N2O2/c1-15-21-13-19(22(15)14-16-7-5-4-6-8-16)20(2,23)17-9-11-18(24-3)12-10-17/h4-13,23H,14H2,1-3H3. The van der Waals surface area contributed by atoms with Crippen LogP contribution in [0.3, 0.4) is 0 Å². The third kappa shape index (κ3) is 3.05. The van der Waals surface area contributed by atoms with Crippen LogP contribution >= 0.6 is 0 Å². The van der Waals surface area contributed by atoms with Gasteiger partial charge >= 0.3 is 0 Å². The van der Waals surface area contributed by atoms with Crippen molar-refractivity contribution in [3.05, 3.63) is 83.4 Å². The Morgan fingerprint density at radius 1 is 1.08 bits per heavy atom. The number of ether oxygens (including phenoxy) is 1. The summed E-state index contributed by atoms with van der Waals surface area (Å²) >= 11 is 0. The molecule has 0 aliphatic rings. The molecule has 2 aromatic carbocycles. The van der Waals surface area contributed by atoms with Crippen molar-refractivity contribution in [3.8, 4) is 5.75 Å². The summed E-state index contributed by atoms with van der Waals surface area (Å²) in [5.74, 6) is 1.64. The number of aliphatic hydroxyl groups is 1. The van der Waals surface area contributed by atoms with Gasteiger partial charge in [0.25, 0.3) is 0 Å². The number of benzene rings is 2. The number of methoxy groups -OCH3 is 1. The highest BCUT2D eigenvalue weighted by Crippen LogP contribution is 2.31. The third-order valence-corrected chi connectivity index (χ3v) is 4.39. The van der Waals surface area contributed by atoms with E-state index in [-0.39, 0.29) is 0 Å². The SMILES string of the molecule is COc1ccc(C(C)(O)c2cnc(C)n2Cc2ccccc2)cc1. The molecule has 1 atom stereocenters. The predicted molar refractivity (Wildman–Crippen MR) is 94.2 cm³/mol. The van der Waals surface area contributed by atoms with Crippen LogP contribution in [0.5, 0.6) is 5.75 Å². The maximum atomic E-state index is 11.2. The largest absolute Gasteiger partial charge is 0.497 e. The molecule has 0 fully saturated rings. The second-order valence-electron chi connectivity index (χ2n) is 6.06. The van der Waals surface area contributed by atoms with Gasteiger partial charge in [-0.2, -0.15) is 0 Å². The van der Waals surface area contributed by atoms with Crippen LogP contribution in [0.1, 0.15) is 29.6 Å². The molecular formula is C20H22N2O2. The Bertz CT molecular complexity index is 805. The Morgan fingerprint density at radius 2 is 1.75 bits per heavy atom. The molecule has 0 bridgehead atoms. The fraction of sp³-hybridized carbons (Fsp3) is 0.250. The van der Waals surface area contributed by atoms with E-state index in [1.165, 1.54) is 5.56 Å². The normalized spacial score (nSPS) is 13.5. The van der Waals surface area contributed by atoms with Crippen LogP contribution in [-0.2, 0) is 12.1 Å². The van der Waals surface area contributed by atoms with Gasteiger partial charge in [0.15, 0.2) is 0 Å². The molecular weight excluding hydrogens is 300 g/mol. The highest BCUT2D eigenvalue weighted by Gasteiger charge is 2.30. The van der Waals surface area contributed by atoms with E-state index < -0.39 is 5.60 Å². The van der Waals surface area contributed by atoms with Crippen LogP contribution < -0.4 is 4.74 Å². The molecule has 1 N–H and O–H groups in total. The van der Waals surface area contributed by atoms with Crippen LogP contribution in [0.15, 0.2) is 60.8 Å². The average Bonchev–Trinajstić information content (AvgIpc) is 2.97. The van der Waals surface area contributed by atoms with Crippen molar-refractivity contribution in [3.63, 3.8) is 0 Å². The Morgan fingerprint density at radius 3 is 2.38 bits per heavy atom. The summed E-state index contributed by atoms with van der Waals surface area (Å²) in [5.41, 5.74) is 1.61. The van der Waals surface area contributed by atoms with E-state index in [2.05, 4.69) is 21.7 Å². The topological polar surface area (TPSA) is 47.3 Å². The summed E-state index contributed by atoms with van der Waals surface area (Å²) in [6.07, 6.45) is 1.75. The lowest BCUT2D eigenvalue weighted by molar-refractivity contribution is 0.0932. The molecule has 3 aromatic rings. The molecule has 0 radical (unpaired) electrons. The van der Waals surface area contributed by atoms with Gasteiger partial charge in [0.2, 0.25) is 0 Å². The number of imidazole rings is 1. The lowest BCUT2D eigenvalue weighted by Crippen LogP contribution is -2.27. The first-order chi connectivity index (χ1) is 11.5. The molecule has 0 amide bonds. The van der Waals surface area contributed by atoms with Crippen molar-refractivity contribution in [2.75, 3.05) is 7.11 Å². The molecule has 3 rings (SSSR count). The van der Waals surface area contributed by atoms with Crippen molar-refractivity contribution in [1.29, 1.82) is 0 Å². The highest BCUT2D eigenvalue weighted by molar-refractivity contribution is 5.36. The number of nitrogens with zero attached hydrogens (tertiary/aromatic N) is 2. The molecule has 4 heteroatoms. The summed E-state index contributed by atoms with van der Waals surface area (Å²) < 4.78 is 7.25. The first kappa shape index (κ1) is 16.3. The molecule has 24 heavy (non-hydrogen) atoms. The van der Waals surface area contributed by atoms with Crippen LogP contribution in [-0.4, -0.2) is 21.8 Å². The van der Waals surface area contributed by atoms with Crippen molar-refractivity contribution < 1.29 is 9.84 Å². The zero-order chi connectivity index (χ0) is 17.2. The quantitative estimate of drug-likeness (QED) is 0.782. The maximum absolute atomic E-state index is 11.2. The van der Waals surface area contributed by atoms with E-state index in [1.54, 1.807) is 20.2 Å². The van der Waals surface area contributed by atoms with Crippen LogP contribution in [0.2, 0.25) is 0 Å². The van der Waals surface area contributed by atoms with E-state index >= 15 is 0 Å². The fourth-order valence-electron chi connectivity index (χ4n) is 2.89. The van der Waals surface area contributed by atoms with Crippen molar-refractivity contribution >= 4 is 0 Å². The number of rotatable bonds is 5. The number of hydrogen-bond acceptors (Lipinski definition) is 3. The number of aryl methyl sites for hydroxylation is 1. The molecule has 1 unspecified atom stereocenters. The first-order valence-electron chi connectivity index (χ1n) is 7.96. The Kier molecular flexibility index (Phi) is 4.40. The lowest BCUT2D eigenvalue weighted by Gasteiger charge is -2.26. The molecule has 1 heterocycles. The van der Waals surface area contributed by atoms with Gasteiger partial charge < -0.3 is 14.4 Å². The highest BCUT2D eigenvalue weighted by atomic mass is 16.5. The summed E-state index contributed by atoms with van der Waals surface area (Å²) in [4.78, 5) is 4.42. The van der Waals surface area contributed by atoms with E-state index in [0.717, 1.165) is 22.8 Å². The third-order valence-electron chi connectivity index (χ3n) is 4.39. The zero-order valence-electron chi connectivity index (χ0n) is 14.2. The summed E-state index contributed by atoms with van der Waals surface area (Å²) in [7, 11) is 1.63. The number of aromatic nitrogens is 2. The predicted octanol–water partition coefficient (Wildman–Crippen LogP) is 3.50. The molecule has 4 nitrogen and oxygen atoms in total. The minimum Gasteiger partial charge on any atom is -0.497 e. The van der Waals surface area contributed by atoms with E-state index in [1.807, 2.05) is 49.4 Å². The number of hydrogen-bond donors (Lipinski definition) is 1. The van der Waals surface area contributed by atoms with Gasteiger partial charge in [-0.05, 0) is 37.1 Å². The van der Waals surface area contributed by atoms with E-state index in [0.29, 0.717) is 6.54 Å². The smallest absolute Gasteiger partial charge is 0.128 e. The van der Waals surface area contributed by atoms with Gasteiger partial charge in [-0.1, -0.05) is 42.5 Å². The van der Waals surface area contributed by atoms with Gasteiger partial charge in [-0.15, -0.1) is 0 Å². The van der Waals surface area contributed by atoms with Crippen molar-refractivity contribution in [1.82, 2.24) is 9.55 Å². The second kappa shape index (κ2) is 6.49. The Balaban J connectivity index is 1.98. The van der Waals surface area contributed by atoms with E-state index in [9.17, 15) is 5.11 Å². The molecule has 0 saturated heterocycles. The summed E-state index contributed by atoms with van der Waals surface area (Å²) in [6.45, 7) is 4.43. The van der Waals surface area contributed by atoms with Crippen LogP contribution in [0, 0.1) is 6.92 Å². The Hall–Kier alpha value is -2.59.